The van der Waals surface area contributed by atoms with E-state index in [9.17, 15) is 14.7 Å². The molecule has 30 heavy (non-hydrogen) atoms. The molecule has 0 fully saturated rings. The second-order valence-corrected chi connectivity index (χ2v) is 8.39. The summed E-state index contributed by atoms with van der Waals surface area (Å²) in [7, 11) is 0. The lowest BCUT2D eigenvalue weighted by molar-refractivity contribution is -0.119. The molecule has 4 rings (SSSR count). The SMILES string of the molecule is O=C(CSc1nc2ccccc2c(=O)n1CCCO)N[C@@H]1CCCc2ccccc21. The zero-order valence-electron chi connectivity index (χ0n) is 16.7. The third-order valence-corrected chi connectivity index (χ3v) is 6.38. The molecular weight excluding hydrogens is 398 g/mol. The molecule has 0 unspecified atom stereocenters. The van der Waals surface area contributed by atoms with Crippen molar-refractivity contribution in [2.24, 2.45) is 0 Å². The molecule has 1 aliphatic rings. The molecule has 0 bridgehead atoms. The van der Waals surface area contributed by atoms with Gasteiger partial charge in [0.05, 0.1) is 22.7 Å². The first-order valence-corrected chi connectivity index (χ1v) is 11.3. The Morgan fingerprint density at radius 3 is 2.87 bits per heavy atom. The van der Waals surface area contributed by atoms with Crippen molar-refractivity contribution in [2.45, 2.75) is 43.4 Å². The fourth-order valence-electron chi connectivity index (χ4n) is 3.95. The highest BCUT2D eigenvalue weighted by Gasteiger charge is 2.22. The molecule has 156 valence electrons. The summed E-state index contributed by atoms with van der Waals surface area (Å²) in [6.45, 7) is 0.359. The number of aliphatic hydroxyl groups is 1. The predicted molar refractivity (Wildman–Crippen MR) is 119 cm³/mol. The van der Waals surface area contributed by atoms with Crippen molar-refractivity contribution >= 4 is 28.6 Å². The van der Waals surface area contributed by atoms with Crippen LogP contribution in [0, 0.1) is 0 Å². The van der Waals surface area contributed by atoms with Gasteiger partial charge in [-0.05, 0) is 48.9 Å². The molecule has 1 amide bonds. The Balaban J connectivity index is 1.50. The van der Waals surface area contributed by atoms with Gasteiger partial charge in [0.15, 0.2) is 5.16 Å². The Morgan fingerprint density at radius 2 is 2.00 bits per heavy atom. The van der Waals surface area contributed by atoms with Gasteiger partial charge in [-0.25, -0.2) is 4.98 Å². The summed E-state index contributed by atoms with van der Waals surface area (Å²) in [5.41, 5.74) is 2.98. The van der Waals surface area contributed by atoms with E-state index in [2.05, 4.69) is 22.4 Å². The summed E-state index contributed by atoms with van der Waals surface area (Å²) >= 11 is 1.26. The summed E-state index contributed by atoms with van der Waals surface area (Å²) in [5, 5.41) is 13.4. The smallest absolute Gasteiger partial charge is 0.262 e. The number of para-hydroxylation sites is 1. The molecule has 2 N–H and O–H groups in total. The Labute approximate surface area is 179 Å². The van der Waals surface area contributed by atoms with Crippen molar-refractivity contribution < 1.29 is 9.90 Å². The average Bonchev–Trinajstić information content (AvgIpc) is 2.77. The van der Waals surface area contributed by atoms with Crippen LogP contribution < -0.4 is 10.9 Å². The van der Waals surface area contributed by atoms with Crippen LogP contribution in [0.4, 0.5) is 0 Å². The topological polar surface area (TPSA) is 84.2 Å². The molecule has 1 aromatic heterocycles. The molecule has 0 saturated heterocycles. The fraction of sp³-hybridized carbons (Fsp3) is 0.348. The van der Waals surface area contributed by atoms with Gasteiger partial charge >= 0.3 is 0 Å². The second-order valence-electron chi connectivity index (χ2n) is 7.45. The molecule has 0 spiro atoms. The lowest BCUT2D eigenvalue weighted by Gasteiger charge is -2.26. The standard InChI is InChI=1S/C23H25N3O3S/c27-14-6-13-26-22(29)18-10-3-4-11-20(18)25-23(26)30-15-21(28)24-19-12-5-8-16-7-1-2-9-17(16)19/h1-4,7,9-11,19,27H,5-6,8,12-15H2,(H,24,28)/t19-/m1/s1. The van der Waals surface area contributed by atoms with E-state index in [0.717, 1.165) is 19.3 Å². The van der Waals surface area contributed by atoms with Crippen LogP contribution in [0.3, 0.4) is 0 Å². The molecule has 0 radical (unpaired) electrons. The third-order valence-electron chi connectivity index (χ3n) is 5.40. The number of hydrogen-bond acceptors (Lipinski definition) is 5. The monoisotopic (exact) mass is 423 g/mol. The number of aryl methyl sites for hydroxylation is 1. The lowest BCUT2D eigenvalue weighted by atomic mass is 9.88. The van der Waals surface area contributed by atoms with Crippen molar-refractivity contribution in [1.29, 1.82) is 0 Å². The zero-order chi connectivity index (χ0) is 20.9. The Bertz CT molecular complexity index is 1110. The maximum atomic E-state index is 12.9. The minimum absolute atomic E-state index is 0.00898. The van der Waals surface area contributed by atoms with E-state index in [1.807, 2.05) is 24.3 Å². The highest BCUT2D eigenvalue weighted by molar-refractivity contribution is 7.99. The summed E-state index contributed by atoms with van der Waals surface area (Å²) in [4.78, 5) is 30.2. The van der Waals surface area contributed by atoms with Gasteiger partial charge in [0, 0.05) is 13.2 Å². The van der Waals surface area contributed by atoms with Gasteiger partial charge in [0.1, 0.15) is 0 Å². The Kier molecular flexibility index (Phi) is 6.50. The van der Waals surface area contributed by atoms with Crippen LogP contribution in [-0.2, 0) is 17.8 Å². The number of carbonyl (C=O) groups excluding carboxylic acids is 1. The molecule has 2 aromatic carbocycles. The summed E-state index contributed by atoms with van der Waals surface area (Å²) in [5.74, 6) is 0.112. The van der Waals surface area contributed by atoms with E-state index in [4.69, 9.17) is 0 Å². The molecule has 0 saturated carbocycles. The van der Waals surface area contributed by atoms with E-state index < -0.39 is 0 Å². The van der Waals surface area contributed by atoms with E-state index in [-0.39, 0.29) is 29.9 Å². The summed E-state index contributed by atoms with van der Waals surface area (Å²) in [6, 6.07) is 15.5. The number of rotatable bonds is 7. The molecular formula is C23H25N3O3S. The number of nitrogens with one attached hydrogen (secondary N) is 1. The number of thioether (sulfide) groups is 1. The van der Waals surface area contributed by atoms with Gasteiger partial charge in [0.2, 0.25) is 5.91 Å². The first-order chi connectivity index (χ1) is 14.7. The van der Waals surface area contributed by atoms with E-state index in [0.29, 0.717) is 29.0 Å². The van der Waals surface area contributed by atoms with Crippen molar-refractivity contribution in [3.8, 4) is 0 Å². The first kappa shape index (κ1) is 20.6. The van der Waals surface area contributed by atoms with Crippen LogP contribution in [0.1, 0.15) is 36.4 Å². The number of benzene rings is 2. The van der Waals surface area contributed by atoms with E-state index >= 15 is 0 Å². The predicted octanol–water partition coefficient (Wildman–Crippen LogP) is 3.06. The quantitative estimate of drug-likeness (QED) is 0.451. The van der Waals surface area contributed by atoms with Crippen molar-refractivity contribution in [2.75, 3.05) is 12.4 Å². The molecule has 1 aliphatic carbocycles. The average molecular weight is 424 g/mol. The maximum Gasteiger partial charge on any atom is 0.262 e. The van der Waals surface area contributed by atoms with E-state index in [1.54, 1.807) is 16.7 Å². The van der Waals surface area contributed by atoms with Gasteiger partial charge in [0.25, 0.3) is 5.56 Å². The molecule has 1 atom stereocenters. The van der Waals surface area contributed by atoms with Gasteiger partial charge in [-0.3, -0.25) is 14.2 Å². The number of aromatic nitrogens is 2. The van der Waals surface area contributed by atoms with Gasteiger partial charge in [-0.1, -0.05) is 48.2 Å². The van der Waals surface area contributed by atoms with Crippen LogP contribution >= 0.6 is 11.8 Å². The molecule has 3 aromatic rings. The molecule has 6 nitrogen and oxygen atoms in total. The minimum atomic E-state index is -0.141. The number of hydrogen-bond donors (Lipinski definition) is 2. The Hall–Kier alpha value is -2.64. The minimum Gasteiger partial charge on any atom is -0.396 e. The normalized spacial score (nSPS) is 15.7. The van der Waals surface area contributed by atoms with Crippen LogP contribution in [0.2, 0.25) is 0 Å². The van der Waals surface area contributed by atoms with Crippen molar-refractivity contribution in [3.63, 3.8) is 0 Å². The van der Waals surface area contributed by atoms with Gasteiger partial charge in [-0.2, -0.15) is 0 Å². The molecule has 7 heteroatoms. The van der Waals surface area contributed by atoms with Crippen LogP contribution in [0.15, 0.2) is 58.5 Å². The van der Waals surface area contributed by atoms with Crippen molar-refractivity contribution in [1.82, 2.24) is 14.9 Å². The lowest BCUT2D eigenvalue weighted by Crippen LogP contribution is -2.32. The third kappa shape index (κ3) is 4.42. The fourth-order valence-corrected chi connectivity index (χ4v) is 4.79. The number of amides is 1. The summed E-state index contributed by atoms with van der Waals surface area (Å²) < 4.78 is 1.56. The highest BCUT2D eigenvalue weighted by Crippen LogP contribution is 2.29. The number of nitrogens with zero attached hydrogens (tertiary/aromatic N) is 2. The number of carbonyl (C=O) groups is 1. The maximum absolute atomic E-state index is 12.9. The van der Waals surface area contributed by atoms with Crippen LogP contribution in [0.5, 0.6) is 0 Å². The zero-order valence-corrected chi connectivity index (χ0v) is 17.5. The van der Waals surface area contributed by atoms with Crippen LogP contribution in [0.25, 0.3) is 10.9 Å². The van der Waals surface area contributed by atoms with Gasteiger partial charge in [-0.15, -0.1) is 0 Å². The highest BCUT2D eigenvalue weighted by atomic mass is 32.2. The molecule has 0 aliphatic heterocycles. The molecule has 1 heterocycles. The summed E-state index contributed by atoms with van der Waals surface area (Å²) in [6.07, 6.45) is 3.50. The second kappa shape index (κ2) is 9.45. The number of aliphatic hydroxyl groups excluding tert-OH is 1. The number of fused-ring (bicyclic) bond motifs is 2. The largest absolute Gasteiger partial charge is 0.396 e. The van der Waals surface area contributed by atoms with Gasteiger partial charge < -0.3 is 10.4 Å². The van der Waals surface area contributed by atoms with E-state index in [1.165, 1.54) is 22.9 Å². The Morgan fingerprint density at radius 1 is 1.20 bits per heavy atom. The van der Waals surface area contributed by atoms with Crippen LogP contribution in [-0.4, -0.2) is 32.9 Å². The van der Waals surface area contributed by atoms with Crippen molar-refractivity contribution in [3.05, 3.63) is 70.0 Å². The first-order valence-electron chi connectivity index (χ1n) is 10.3.